The smallest absolute Gasteiger partial charge is 0.384 e. The number of anilines is 1. The molecule has 0 saturated carbocycles. The highest BCUT2D eigenvalue weighted by Crippen LogP contribution is 2.32. The molecule has 2 rings (SSSR count). The van der Waals surface area contributed by atoms with Crippen LogP contribution in [-0.2, 0) is 6.18 Å². The average Bonchev–Trinajstić information content (AvgIpc) is 2.89. The Bertz CT molecular complexity index is 512. The Balaban J connectivity index is 2.43. The van der Waals surface area contributed by atoms with E-state index < -0.39 is 11.9 Å². The fraction of sp³-hybridized carbons (Fsp3) is 0.500. The van der Waals surface area contributed by atoms with Crippen LogP contribution in [0, 0.1) is 5.41 Å². The number of alkyl halides is 3. The highest BCUT2D eigenvalue weighted by molar-refractivity contribution is 7.99. The van der Waals surface area contributed by atoms with Gasteiger partial charge in [-0.3, -0.25) is 5.41 Å². The van der Waals surface area contributed by atoms with E-state index in [4.69, 9.17) is 11.1 Å². The van der Waals surface area contributed by atoms with E-state index in [-0.39, 0.29) is 23.3 Å². The molecule has 1 aliphatic rings. The lowest BCUT2D eigenvalue weighted by molar-refractivity contribution is -0.141. The Hall–Kier alpha value is -1.44. The molecule has 1 aliphatic heterocycles. The van der Waals surface area contributed by atoms with Gasteiger partial charge in [0.15, 0.2) is 0 Å². The molecular weight excluding hydrogens is 289 g/mol. The molecule has 4 nitrogen and oxygen atoms in total. The van der Waals surface area contributed by atoms with Crippen molar-refractivity contribution in [2.45, 2.75) is 18.6 Å². The minimum atomic E-state index is -4.50. The first-order valence-electron chi connectivity index (χ1n) is 6.04. The molecule has 0 spiro atoms. The lowest BCUT2D eigenvalue weighted by atomic mass is 10.1. The second-order valence-electron chi connectivity index (χ2n) is 4.61. The molecule has 1 aromatic heterocycles. The molecule has 1 fully saturated rings. The van der Waals surface area contributed by atoms with Gasteiger partial charge >= 0.3 is 6.18 Å². The number of hydrogen-bond donors (Lipinski definition) is 2. The summed E-state index contributed by atoms with van der Waals surface area (Å²) in [5.74, 6) is 1.66. The largest absolute Gasteiger partial charge is 0.433 e. The Labute approximate surface area is 119 Å². The zero-order chi connectivity index (χ0) is 14.9. The molecule has 1 unspecified atom stereocenters. The van der Waals surface area contributed by atoms with Crippen LogP contribution in [0.2, 0.25) is 0 Å². The fourth-order valence-corrected chi connectivity index (χ4v) is 3.35. The monoisotopic (exact) mass is 304 g/mol. The molecule has 0 aliphatic carbocycles. The van der Waals surface area contributed by atoms with Crippen LogP contribution in [0.5, 0.6) is 0 Å². The molecule has 0 amide bonds. The number of nitrogens with one attached hydrogen (secondary N) is 1. The Morgan fingerprint density at radius 3 is 2.70 bits per heavy atom. The molecule has 1 atom stereocenters. The van der Waals surface area contributed by atoms with Crippen LogP contribution < -0.4 is 10.6 Å². The van der Waals surface area contributed by atoms with Gasteiger partial charge in [0.25, 0.3) is 0 Å². The molecule has 110 valence electrons. The SMILES string of the molecule is CN(c1nc(C(F)(F)F)ccc1C(=N)N)C1CCSC1. The summed E-state index contributed by atoms with van der Waals surface area (Å²) in [6.45, 7) is 0. The lowest BCUT2D eigenvalue weighted by Crippen LogP contribution is -2.34. The zero-order valence-corrected chi connectivity index (χ0v) is 11.7. The number of halogens is 3. The summed E-state index contributed by atoms with van der Waals surface area (Å²) in [5, 5.41) is 7.49. The number of thioether (sulfide) groups is 1. The van der Waals surface area contributed by atoms with Crippen molar-refractivity contribution in [3.8, 4) is 0 Å². The standard InChI is InChI=1S/C12H15F3N4S/c1-19(7-4-5-20-6-7)11-8(10(16)17)2-3-9(18-11)12(13,14)15/h2-3,7H,4-6H2,1H3,(H3,16,17). The summed E-state index contributed by atoms with van der Waals surface area (Å²) in [4.78, 5) is 5.38. The second-order valence-corrected chi connectivity index (χ2v) is 5.76. The lowest BCUT2D eigenvalue weighted by Gasteiger charge is -2.27. The predicted octanol–water partition coefficient (Wildman–Crippen LogP) is 2.33. The highest BCUT2D eigenvalue weighted by Gasteiger charge is 2.34. The molecule has 2 heterocycles. The minimum absolute atomic E-state index is 0.120. The summed E-state index contributed by atoms with van der Waals surface area (Å²) >= 11 is 1.75. The molecular formula is C12H15F3N4S. The number of nitrogen functional groups attached to an aromatic ring is 1. The third kappa shape index (κ3) is 3.00. The van der Waals surface area contributed by atoms with Crippen LogP contribution in [0.4, 0.5) is 19.0 Å². The van der Waals surface area contributed by atoms with Gasteiger partial charge in [-0.2, -0.15) is 24.9 Å². The second kappa shape index (κ2) is 5.51. The molecule has 0 bridgehead atoms. The molecule has 0 aromatic carbocycles. The van der Waals surface area contributed by atoms with E-state index in [1.54, 1.807) is 23.7 Å². The topological polar surface area (TPSA) is 66.0 Å². The number of amidine groups is 1. The molecule has 0 radical (unpaired) electrons. The first-order valence-corrected chi connectivity index (χ1v) is 7.19. The van der Waals surface area contributed by atoms with E-state index in [0.717, 1.165) is 24.0 Å². The van der Waals surface area contributed by atoms with Crippen molar-refractivity contribution >= 4 is 23.4 Å². The van der Waals surface area contributed by atoms with Crippen molar-refractivity contribution in [1.82, 2.24) is 4.98 Å². The van der Waals surface area contributed by atoms with Gasteiger partial charge < -0.3 is 10.6 Å². The van der Waals surface area contributed by atoms with Crippen LogP contribution in [0.3, 0.4) is 0 Å². The van der Waals surface area contributed by atoms with Crippen molar-refractivity contribution in [1.29, 1.82) is 5.41 Å². The summed E-state index contributed by atoms with van der Waals surface area (Å²) in [5.41, 5.74) is 4.71. The van der Waals surface area contributed by atoms with Crippen LogP contribution >= 0.6 is 11.8 Å². The maximum Gasteiger partial charge on any atom is 0.433 e. The van der Waals surface area contributed by atoms with Gasteiger partial charge in [0.05, 0.1) is 5.56 Å². The van der Waals surface area contributed by atoms with Crippen LogP contribution in [-0.4, -0.2) is 35.4 Å². The van der Waals surface area contributed by atoms with Gasteiger partial charge in [-0.1, -0.05) is 0 Å². The predicted molar refractivity (Wildman–Crippen MR) is 74.4 cm³/mol. The van der Waals surface area contributed by atoms with Gasteiger partial charge in [0.2, 0.25) is 0 Å². The maximum atomic E-state index is 12.8. The molecule has 8 heteroatoms. The molecule has 3 N–H and O–H groups in total. The highest BCUT2D eigenvalue weighted by atomic mass is 32.2. The number of aromatic nitrogens is 1. The third-order valence-electron chi connectivity index (χ3n) is 3.24. The number of rotatable bonds is 3. The summed E-state index contributed by atoms with van der Waals surface area (Å²) in [6.07, 6.45) is -3.62. The summed E-state index contributed by atoms with van der Waals surface area (Å²) in [7, 11) is 1.70. The number of pyridine rings is 1. The van der Waals surface area contributed by atoms with Gasteiger partial charge in [-0.05, 0) is 24.3 Å². The number of hydrogen-bond acceptors (Lipinski definition) is 4. The number of nitrogens with two attached hydrogens (primary N) is 1. The zero-order valence-electron chi connectivity index (χ0n) is 10.9. The van der Waals surface area contributed by atoms with Crippen LogP contribution in [0.15, 0.2) is 12.1 Å². The molecule has 20 heavy (non-hydrogen) atoms. The Morgan fingerprint density at radius 2 is 2.20 bits per heavy atom. The fourth-order valence-electron chi connectivity index (χ4n) is 2.09. The van der Waals surface area contributed by atoms with Crippen LogP contribution in [0.1, 0.15) is 17.7 Å². The van der Waals surface area contributed by atoms with E-state index in [1.807, 2.05) is 0 Å². The van der Waals surface area contributed by atoms with Crippen LogP contribution in [0.25, 0.3) is 0 Å². The Kier molecular flexibility index (Phi) is 4.12. The number of nitrogens with zero attached hydrogens (tertiary/aromatic N) is 2. The Morgan fingerprint density at radius 1 is 1.50 bits per heavy atom. The third-order valence-corrected chi connectivity index (χ3v) is 4.39. The molecule has 1 saturated heterocycles. The molecule has 1 aromatic rings. The van der Waals surface area contributed by atoms with E-state index in [0.29, 0.717) is 0 Å². The normalized spacial score (nSPS) is 19.1. The minimum Gasteiger partial charge on any atom is -0.384 e. The van der Waals surface area contributed by atoms with Crippen molar-refractivity contribution in [2.75, 3.05) is 23.5 Å². The summed E-state index contributed by atoms with van der Waals surface area (Å²) < 4.78 is 38.3. The van der Waals surface area contributed by atoms with Gasteiger partial charge in [-0.15, -0.1) is 0 Å². The van der Waals surface area contributed by atoms with Gasteiger partial charge in [0.1, 0.15) is 17.3 Å². The van der Waals surface area contributed by atoms with Gasteiger partial charge in [0, 0.05) is 18.8 Å². The average molecular weight is 304 g/mol. The van der Waals surface area contributed by atoms with Crippen molar-refractivity contribution in [3.63, 3.8) is 0 Å². The van der Waals surface area contributed by atoms with Crippen molar-refractivity contribution in [3.05, 3.63) is 23.4 Å². The first kappa shape index (κ1) is 15.0. The van der Waals surface area contributed by atoms with Crippen molar-refractivity contribution in [2.24, 2.45) is 5.73 Å². The van der Waals surface area contributed by atoms with E-state index in [1.165, 1.54) is 6.07 Å². The van der Waals surface area contributed by atoms with Gasteiger partial charge in [-0.25, -0.2) is 4.98 Å². The summed E-state index contributed by atoms with van der Waals surface area (Å²) in [6, 6.07) is 2.19. The van der Waals surface area contributed by atoms with E-state index >= 15 is 0 Å². The van der Waals surface area contributed by atoms with Crippen molar-refractivity contribution < 1.29 is 13.2 Å². The van der Waals surface area contributed by atoms with E-state index in [2.05, 4.69) is 4.98 Å². The first-order chi connectivity index (χ1) is 9.30. The maximum absolute atomic E-state index is 12.8. The quantitative estimate of drug-likeness (QED) is 0.664. The van der Waals surface area contributed by atoms with E-state index in [9.17, 15) is 13.2 Å².